The van der Waals surface area contributed by atoms with Gasteiger partial charge >= 0.3 is 0 Å². The van der Waals surface area contributed by atoms with Crippen molar-refractivity contribution >= 4 is 0 Å². The van der Waals surface area contributed by atoms with E-state index < -0.39 is 0 Å². The third kappa shape index (κ3) is 4.42. The van der Waals surface area contributed by atoms with Crippen LogP contribution in [0.5, 0.6) is 0 Å². The lowest BCUT2D eigenvalue weighted by Gasteiger charge is -2.41. The van der Waals surface area contributed by atoms with Gasteiger partial charge in [0.05, 0.1) is 0 Å². The molecule has 2 aliphatic rings. The fourth-order valence-electron chi connectivity index (χ4n) is 3.55. The van der Waals surface area contributed by atoms with Gasteiger partial charge in [-0.3, -0.25) is 4.90 Å². The maximum atomic E-state index is 3.61. The van der Waals surface area contributed by atoms with E-state index in [1.807, 2.05) is 0 Å². The fraction of sp³-hybridized carbons (Fsp3) is 1.00. The molecule has 2 unspecified atom stereocenters. The van der Waals surface area contributed by atoms with Crippen molar-refractivity contribution < 1.29 is 0 Å². The normalized spacial score (nSPS) is 30.5. The van der Waals surface area contributed by atoms with E-state index in [1.165, 1.54) is 65.2 Å². The lowest BCUT2D eigenvalue weighted by molar-refractivity contribution is 0.0932. The molecular formula is C15H32N4. The lowest BCUT2D eigenvalue weighted by Crippen LogP contribution is -2.54. The van der Waals surface area contributed by atoms with Crippen LogP contribution in [0.4, 0.5) is 0 Å². The molecule has 0 spiro atoms. The zero-order valence-electron chi connectivity index (χ0n) is 12.8. The molecule has 0 bridgehead atoms. The van der Waals surface area contributed by atoms with E-state index in [1.54, 1.807) is 0 Å². The summed E-state index contributed by atoms with van der Waals surface area (Å²) in [5.41, 5.74) is 0. The summed E-state index contributed by atoms with van der Waals surface area (Å²) in [6.45, 7) is 15.5. The number of hydrogen-bond acceptors (Lipinski definition) is 4. The summed E-state index contributed by atoms with van der Waals surface area (Å²) in [7, 11) is 0. The Bertz CT molecular complexity index is 234. The second kappa shape index (κ2) is 8.20. The van der Waals surface area contributed by atoms with Gasteiger partial charge in [-0.15, -0.1) is 0 Å². The van der Waals surface area contributed by atoms with E-state index in [0.29, 0.717) is 0 Å². The second-order valence-electron chi connectivity index (χ2n) is 5.95. The molecule has 2 atom stereocenters. The molecule has 4 nitrogen and oxygen atoms in total. The van der Waals surface area contributed by atoms with Crippen LogP contribution in [0.1, 0.15) is 26.7 Å². The monoisotopic (exact) mass is 268 g/mol. The largest absolute Gasteiger partial charge is 0.315 e. The quantitative estimate of drug-likeness (QED) is 0.764. The van der Waals surface area contributed by atoms with Gasteiger partial charge in [0.1, 0.15) is 0 Å². The van der Waals surface area contributed by atoms with Gasteiger partial charge in [-0.1, -0.05) is 13.8 Å². The molecule has 0 aromatic heterocycles. The first-order valence-electron chi connectivity index (χ1n) is 8.23. The zero-order valence-corrected chi connectivity index (χ0v) is 12.8. The minimum Gasteiger partial charge on any atom is -0.315 e. The van der Waals surface area contributed by atoms with Crippen molar-refractivity contribution in [1.82, 2.24) is 20.4 Å². The molecule has 19 heavy (non-hydrogen) atoms. The van der Waals surface area contributed by atoms with E-state index in [9.17, 15) is 0 Å². The number of piperidine rings is 1. The Morgan fingerprint density at radius 1 is 1.05 bits per heavy atom. The smallest absolute Gasteiger partial charge is 0.0262 e. The van der Waals surface area contributed by atoms with Gasteiger partial charge in [-0.2, -0.15) is 0 Å². The van der Waals surface area contributed by atoms with Crippen LogP contribution in [0, 0.1) is 5.92 Å². The summed E-state index contributed by atoms with van der Waals surface area (Å²) in [6.07, 6.45) is 2.64. The first kappa shape index (κ1) is 15.2. The van der Waals surface area contributed by atoms with E-state index in [2.05, 4.69) is 34.3 Å². The predicted octanol–water partition coefficient (Wildman–Crippen LogP) is 0.602. The Kier molecular flexibility index (Phi) is 6.57. The van der Waals surface area contributed by atoms with E-state index in [0.717, 1.165) is 18.5 Å². The average Bonchev–Trinajstić information content (AvgIpc) is 2.74. The average molecular weight is 268 g/mol. The molecule has 2 N–H and O–H groups in total. The Hall–Kier alpha value is -0.160. The second-order valence-corrected chi connectivity index (χ2v) is 5.95. The molecule has 0 amide bonds. The maximum Gasteiger partial charge on any atom is 0.0262 e. The highest BCUT2D eigenvalue weighted by atomic mass is 15.2. The van der Waals surface area contributed by atoms with E-state index >= 15 is 0 Å². The standard InChI is InChI=1S/C15H32N4/c1-3-18(4-2)13-14-6-8-17-12-15(14)19-10-5-7-16-9-11-19/h14-17H,3-13H2,1-2H3. The van der Waals surface area contributed by atoms with Gasteiger partial charge in [0.25, 0.3) is 0 Å². The number of hydrogen-bond donors (Lipinski definition) is 2. The molecule has 0 aromatic rings. The third-order valence-electron chi connectivity index (χ3n) is 4.82. The SMILES string of the molecule is CCN(CC)CC1CCNCC1N1CCCNCC1. The molecule has 4 heteroatoms. The highest BCUT2D eigenvalue weighted by Crippen LogP contribution is 2.20. The van der Waals surface area contributed by atoms with Gasteiger partial charge in [0.2, 0.25) is 0 Å². The number of rotatable bonds is 5. The van der Waals surface area contributed by atoms with Crippen molar-refractivity contribution in [2.75, 3.05) is 58.9 Å². The van der Waals surface area contributed by atoms with Crippen LogP contribution in [0.2, 0.25) is 0 Å². The molecule has 112 valence electrons. The van der Waals surface area contributed by atoms with Crippen LogP contribution in [0.3, 0.4) is 0 Å². The minimum absolute atomic E-state index is 0.745. The fourth-order valence-corrected chi connectivity index (χ4v) is 3.55. The van der Waals surface area contributed by atoms with Crippen molar-refractivity contribution in [2.45, 2.75) is 32.7 Å². The van der Waals surface area contributed by atoms with Gasteiger partial charge in [-0.05, 0) is 51.5 Å². The van der Waals surface area contributed by atoms with Crippen LogP contribution in [-0.4, -0.2) is 74.7 Å². The Balaban J connectivity index is 1.93. The van der Waals surface area contributed by atoms with E-state index in [4.69, 9.17) is 0 Å². The summed E-state index contributed by atoms with van der Waals surface area (Å²) in [5.74, 6) is 0.847. The van der Waals surface area contributed by atoms with E-state index in [-0.39, 0.29) is 0 Å². The highest BCUT2D eigenvalue weighted by Gasteiger charge is 2.30. The van der Waals surface area contributed by atoms with Crippen LogP contribution >= 0.6 is 0 Å². The maximum absolute atomic E-state index is 3.61. The van der Waals surface area contributed by atoms with Gasteiger partial charge in [-0.25, -0.2) is 0 Å². The van der Waals surface area contributed by atoms with Crippen molar-refractivity contribution in [3.63, 3.8) is 0 Å². The Morgan fingerprint density at radius 3 is 2.68 bits per heavy atom. The van der Waals surface area contributed by atoms with Crippen LogP contribution in [0.25, 0.3) is 0 Å². The van der Waals surface area contributed by atoms with Crippen molar-refractivity contribution in [3.8, 4) is 0 Å². The highest BCUT2D eigenvalue weighted by molar-refractivity contribution is 4.88. The number of nitrogens with one attached hydrogen (secondary N) is 2. The number of nitrogens with zero attached hydrogens (tertiary/aromatic N) is 2. The summed E-state index contributed by atoms with van der Waals surface area (Å²) in [6, 6.07) is 0.745. The Morgan fingerprint density at radius 2 is 1.89 bits per heavy atom. The zero-order chi connectivity index (χ0) is 13.5. The van der Waals surface area contributed by atoms with Crippen LogP contribution < -0.4 is 10.6 Å². The summed E-state index contributed by atoms with van der Waals surface area (Å²) in [4.78, 5) is 5.33. The molecule has 2 saturated heterocycles. The molecule has 2 fully saturated rings. The van der Waals surface area contributed by atoms with Gasteiger partial charge in [0, 0.05) is 32.2 Å². The summed E-state index contributed by atoms with van der Waals surface area (Å²) < 4.78 is 0. The molecule has 0 saturated carbocycles. The lowest BCUT2D eigenvalue weighted by atomic mass is 9.90. The van der Waals surface area contributed by atoms with Crippen molar-refractivity contribution in [2.24, 2.45) is 5.92 Å². The molecule has 2 aliphatic heterocycles. The predicted molar refractivity (Wildman–Crippen MR) is 81.6 cm³/mol. The van der Waals surface area contributed by atoms with Crippen LogP contribution in [-0.2, 0) is 0 Å². The summed E-state index contributed by atoms with van der Waals surface area (Å²) >= 11 is 0. The molecule has 2 heterocycles. The molecular weight excluding hydrogens is 236 g/mol. The van der Waals surface area contributed by atoms with Crippen molar-refractivity contribution in [1.29, 1.82) is 0 Å². The van der Waals surface area contributed by atoms with Gasteiger partial charge < -0.3 is 15.5 Å². The summed E-state index contributed by atoms with van der Waals surface area (Å²) in [5, 5.41) is 7.13. The van der Waals surface area contributed by atoms with Crippen molar-refractivity contribution in [3.05, 3.63) is 0 Å². The minimum atomic E-state index is 0.745. The molecule has 0 aliphatic carbocycles. The third-order valence-corrected chi connectivity index (χ3v) is 4.82. The topological polar surface area (TPSA) is 30.5 Å². The first-order chi connectivity index (χ1) is 9.35. The molecule has 0 radical (unpaired) electrons. The molecule has 0 aromatic carbocycles. The van der Waals surface area contributed by atoms with Gasteiger partial charge in [0.15, 0.2) is 0 Å². The first-order valence-corrected chi connectivity index (χ1v) is 8.23. The van der Waals surface area contributed by atoms with Crippen LogP contribution in [0.15, 0.2) is 0 Å². The Labute approximate surface area is 118 Å². The molecule has 2 rings (SSSR count).